The number of nitrogens with one attached hydrogen (secondary N) is 1. The number of amides is 1. The van der Waals surface area contributed by atoms with Crippen LogP contribution in [0.25, 0.3) is 0 Å². The topological polar surface area (TPSA) is 55.1 Å². The number of hydrogen-bond acceptors (Lipinski definition) is 2. The standard InChI is InChI=1S/C12H15F3N2O/c1-7-4-3-5-9(16)10(7)11(18)17-8(2)6-12(13,14)15/h3-5,8H,6,16H2,1-2H3,(H,17,18). The fourth-order valence-corrected chi connectivity index (χ4v) is 1.69. The van der Waals surface area contributed by atoms with E-state index in [0.29, 0.717) is 5.56 Å². The first kappa shape index (κ1) is 14.3. The summed E-state index contributed by atoms with van der Waals surface area (Å²) >= 11 is 0. The number of rotatable bonds is 3. The van der Waals surface area contributed by atoms with Gasteiger partial charge in [0.2, 0.25) is 0 Å². The quantitative estimate of drug-likeness (QED) is 0.821. The highest BCUT2D eigenvalue weighted by molar-refractivity contribution is 6.00. The van der Waals surface area contributed by atoms with Crippen molar-refractivity contribution in [3.63, 3.8) is 0 Å². The Morgan fingerprint density at radius 3 is 2.56 bits per heavy atom. The van der Waals surface area contributed by atoms with Gasteiger partial charge in [0.1, 0.15) is 0 Å². The van der Waals surface area contributed by atoms with E-state index >= 15 is 0 Å². The summed E-state index contributed by atoms with van der Waals surface area (Å²) in [4.78, 5) is 11.8. The van der Waals surface area contributed by atoms with Crippen molar-refractivity contribution in [2.75, 3.05) is 5.73 Å². The molecule has 0 aliphatic heterocycles. The predicted molar refractivity (Wildman–Crippen MR) is 63.2 cm³/mol. The monoisotopic (exact) mass is 260 g/mol. The molecule has 0 bridgehead atoms. The highest BCUT2D eigenvalue weighted by Crippen LogP contribution is 2.22. The van der Waals surface area contributed by atoms with Crippen molar-refractivity contribution in [2.45, 2.75) is 32.5 Å². The number of halogens is 3. The molecule has 3 N–H and O–H groups in total. The largest absolute Gasteiger partial charge is 0.398 e. The lowest BCUT2D eigenvalue weighted by Crippen LogP contribution is -2.36. The van der Waals surface area contributed by atoms with Crippen molar-refractivity contribution in [1.29, 1.82) is 0 Å². The number of nitrogen functional groups attached to an aromatic ring is 1. The Kier molecular flexibility index (Phi) is 4.21. The van der Waals surface area contributed by atoms with Crippen LogP contribution in [0.3, 0.4) is 0 Å². The minimum Gasteiger partial charge on any atom is -0.398 e. The second kappa shape index (κ2) is 5.29. The van der Waals surface area contributed by atoms with E-state index in [-0.39, 0.29) is 11.3 Å². The van der Waals surface area contributed by atoms with E-state index in [0.717, 1.165) is 0 Å². The van der Waals surface area contributed by atoms with Crippen LogP contribution >= 0.6 is 0 Å². The van der Waals surface area contributed by atoms with E-state index in [1.165, 1.54) is 13.0 Å². The van der Waals surface area contributed by atoms with E-state index in [1.807, 2.05) is 0 Å². The summed E-state index contributed by atoms with van der Waals surface area (Å²) in [7, 11) is 0. The van der Waals surface area contributed by atoms with Gasteiger partial charge in [-0.15, -0.1) is 0 Å². The first-order valence-corrected chi connectivity index (χ1v) is 5.43. The third-order valence-corrected chi connectivity index (χ3v) is 2.45. The van der Waals surface area contributed by atoms with E-state index in [1.54, 1.807) is 19.1 Å². The molecule has 0 saturated heterocycles. The Balaban J connectivity index is 2.77. The van der Waals surface area contributed by atoms with Gasteiger partial charge in [-0.1, -0.05) is 12.1 Å². The maximum atomic E-state index is 12.1. The lowest BCUT2D eigenvalue weighted by molar-refractivity contribution is -0.138. The van der Waals surface area contributed by atoms with Gasteiger partial charge in [0.25, 0.3) is 5.91 Å². The highest BCUT2D eigenvalue weighted by Gasteiger charge is 2.30. The number of anilines is 1. The van der Waals surface area contributed by atoms with Crippen LogP contribution in [-0.4, -0.2) is 18.1 Å². The summed E-state index contributed by atoms with van der Waals surface area (Å²) in [5.41, 5.74) is 6.76. The van der Waals surface area contributed by atoms with Crippen molar-refractivity contribution in [3.05, 3.63) is 29.3 Å². The lowest BCUT2D eigenvalue weighted by Gasteiger charge is -2.17. The molecule has 1 aromatic carbocycles. The van der Waals surface area contributed by atoms with Gasteiger partial charge in [-0.3, -0.25) is 4.79 Å². The van der Waals surface area contributed by atoms with Gasteiger partial charge >= 0.3 is 6.18 Å². The van der Waals surface area contributed by atoms with Crippen molar-refractivity contribution < 1.29 is 18.0 Å². The minimum atomic E-state index is -4.30. The number of hydrogen-bond donors (Lipinski definition) is 2. The average molecular weight is 260 g/mol. The van der Waals surface area contributed by atoms with Crippen LogP contribution < -0.4 is 11.1 Å². The van der Waals surface area contributed by atoms with Gasteiger partial charge in [-0.05, 0) is 25.5 Å². The zero-order chi connectivity index (χ0) is 13.9. The average Bonchev–Trinajstić information content (AvgIpc) is 2.13. The Hall–Kier alpha value is -1.72. The third kappa shape index (κ3) is 3.94. The fraction of sp³-hybridized carbons (Fsp3) is 0.417. The van der Waals surface area contributed by atoms with Crippen LogP contribution in [0.5, 0.6) is 0 Å². The zero-order valence-electron chi connectivity index (χ0n) is 10.1. The molecular formula is C12H15F3N2O. The molecule has 0 spiro atoms. The Morgan fingerprint density at radius 2 is 2.06 bits per heavy atom. The number of aryl methyl sites for hydroxylation is 1. The molecule has 1 atom stereocenters. The molecule has 0 aliphatic rings. The number of benzene rings is 1. The molecule has 1 aromatic rings. The number of carbonyl (C=O) groups excluding carboxylic acids is 1. The minimum absolute atomic E-state index is 0.228. The van der Waals surface area contributed by atoms with Crippen molar-refractivity contribution >= 4 is 11.6 Å². The van der Waals surface area contributed by atoms with E-state index < -0.39 is 24.5 Å². The zero-order valence-corrected chi connectivity index (χ0v) is 10.1. The van der Waals surface area contributed by atoms with Crippen LogP contribution in [0.1, 0.15) is 29.3 Å². The van der Waals surface area contributed by atoms with Crippen LogP contribution in [0.4, 0.5) is 18.9 Å². The molecule has 0 radical (unpaired) electrons. The lowest BCUT2D eigenvalue weighted by atomic mass is 10.1. The van der Waals surface area contributed by atoms with Gasteiger partial charge in [0.05, 0.1) is 12.0 Å². The summed E-state index contributed by atoms with van der Waals surface area (Å²) in [6, 6.07) is 3.91. The number of carbonyl (C=O) groups is 1. The van der Waals surface area contributed by atoms with Crippen molar-refractivity contribution in [1.82, 2.24) is 5.32 Å². The van der Waals surface area contributed by atoms with Crippen LogP contribution in [0.2, 0.25) is 0 Å². The van der Waals surface area contributed by atoms with Gasteiger partial charge in [-0.2, -0.15) is 13.2 Å². The molecule has 0 fully saturated rings. The molecule has 6 heteroatoms. The summed E-state index contributed by atoms with van der Waals surface area (Å²) in [6.07, 6.45) is -5.37. The SMILES string of the molecule is Cc1cccc(N)c1C(=O)NC(C)CC(F)(F)F. The molecule has 3 nitrogen and oxygen atoms in total. The molecule has 0 heterocycles. The Labute approximate surface area is 103 Å². The summed E-state index contributed by atoms with van der Waals surface area (Å²) in [5.74, 6) is -0.581. The normalized spacial score (nSPS) is 13.2. The second-order valence-corrected chi connectivity index (χ2v) is 4.23. The molecule has 100 valence electrons. The Morgan fingerprint density at radius 1 is 1.44 bits per heavy atom. The number of alkyl halides is 3. The van der Waals surface area contributed by atoms with E-state index in [2.05, 4.69) is 5.32 Å². The molecule has 1 amide bonds. The third-order valence-electron chi connectivity index (χ3n) is 2.45. The molecule has 18 heavy (non-hydrogen) atoms. The molecule has 0 saturated carbocycles. The van der Waals surface area contributed by atoms with Crippen LogP contribution in [0, 0.1) is 6.92 Å². The first-order chi connectivity index (χ1) is 8.20. The summed E-state index contributed by atoms with van der Waals surface area (Å²) in [5, 5.41) is 2.30. The van der Waals surface area contributed by atoms with Gasteiger partial charge < -0.3 is 11.1 Å². The van der Waals surface area contributed by atoms with Crippen molar-refractivity contribution in [2.24, 2.45) is 0 Å². The number of nitrogens with two attached hydrogens (primary N) is 1. The summed E-state index contributed by atoms with van der Waals surface area (Å²) < 4.78 is 36.4. The fourth-order valence-electron chi connectivity index (χ4n) is 1.69. The maximum Gasteiger partial charge on any atom is 0.391 e. The molecular weight excluding hydrogens is 245 g/mol. The molecule has 1 rings (SSSR count). The smallest absolute Gasteiger partial charge is 0.391 e. The predicted octanol–water partition coefficient (Wildman–Crippen LogP) is 2.65. The van der Waals surface area contributed by atoms with Gasteiger partial charge in [0.15, 0.2) is 0 Å². The van der Waals surface area contributed by atoms with E-state index in [9.17, 15) is 18.0 Å². The maximum absolute atomic E-state index is 12.1. The van der Waals surface area contributed by atoms with Crippen LogP contribution in [-0.2, 0) is 0 Å². The molecule has 0 aliphatic carbocycles. The Bertz CT molecular complexity index is 423. The highest BCUT2D eigenvalue weighted by atomic mass is 19.4. The van der Waals surface area contributed by atoms with E-state index in [4.69, 9.17) is 5.73 Å². The van der Waals surface area contributed by atoms with Gasteiger partial charge in [-0.25, -0.2) is 0 Å². The van der Waals surface area contributed by atoms with Crippen molar-refractivity contribution in [3.8, 4) is 0 Å². The second-order valence-electron chi connectivity index (χ2n) is 4.23. The molecule has 0 aromatic heterocycles. The molecule has 1 unspecified atom stereocenters. The summed E-state index contributed by atoms with van der Waals surface area (Å²) in [6.45, 7) is 2.99. The van der Waals surface area contributed by atoms with Gasteiger partial charge in [0, 0.05) is 11.7 Å². The van der Waals surface area contributed by atoms with Crippen LogP contribution in [0.15, 0.2) is 18.2 Å². The first-order valence-electron chi connectivity index (χ1n) is 5.43.